The summed E-state index contributed by atoms with van der Waals surface area (Å²) < 4.78 is 4.92. The Labute approximate surface area is 116 Å². The lowest BCUT2D eigenvalue weighted by atomic mass is 10.3. The van der Waals surface area contributed by atoms with Crippen LogP contribution in [0.2, 0.25) is 0 Å². The van der Waals surface area contributed by atoms with Gasteiger partial charge in [-0.25, -0.2) is 4.79 Å². The van der Waals surface area contributed by atoms with E-state index in [9.17, 15) is 9.59 Å². The summed E-state index contributed by atoms with van der Waals surface area (Å²) in [7, 11) is 0. The van der Waals surface area contributed by atoms with Crippen LogP contribution in [0.5, 0.6) is 0 Å². The lowest BCUT2D eigenvalue weighted by Gasteiger charge is -2.34. The van der Waals surface area contributed by atoms with E-state index in [-0.39, 0.29) is 12.5 Å². The molecule has 110 valence electrons. The third-order valence-electron chi connectivity index (χ3n) is 3.07. The summed E-state index contributed by atoms with van der Waals surface area (Å²) in [6.45, 7) is 4.98. The summed E-state index contributed by atoms with van der Waals surface area (Å²) in [5.41, 5.74) is 4.93. The lowest BCUT2D eigenvalue weighted by Crippen LogP contribution is -2.51. The number of rotatable bonds is 4. The van der Waals surface area contributed by atoms with Crippen molar-refractivity contribution in [3.05, 3.63) is 11.7 Å². The van der Waals surface area contributed by atoms with Crippen LogP contribution in [-0.4, -0.2) is 64.6 Å². The molecule has 0 aromatic carbocycles. The van der Waals surface area contributed by atoms with Gasteiger partial charge < -0.3 is 20.5 Å². The maximum Gasteiger partial charge on any atom is 0.312 e. The van der Waals surface area contributed by atoms with Gasteiger partial charge in [0.15, 0.2) is 5.82 Å². The molecule has 3 N–H and O–H groups in total. The van der Waals surface area contributed by atoms with E-state index < -0.39 is 6.03 Å². The van der Waals surface area contributed by atoms with Gasteiger partial charge in [0.25, 0.3) is 0 Å². The number of hydrogen-bond acceptors (Lipinski definition) is 6. The number of nitrogens with one attached hydrogen (secondary N) is 1. The van der Waals surface area contributed by atoms with Crippen LogP contribution in [0.1, 0.15) is 11.7 Å². The highest BCUT2D eigenvalue weighted by molar-refractivity contribution is 5.83. The number of piperazine rings is 1. The number of hydrogen-bond donors (Lipinski definition) is 2. The van der Waals surface area contributed by atoms with Gasteiger partial charge in [0.2, 0.25) is 11.8 Å². The summed E-state index contributed by atoms with van der Waals surface area (Å²) >= 11 is 0. The Bertz CT molecular complexity index is 480. The third kappa shape index (κ3) is 3.92. The predicted molar refractivity (Wildman–Crippen MR) is 68.5 cm³/mol. The fourth-order valence-electron chi connectivity index (χ4n) is 2.04. The van der Waals surface area contributed by atoms with E-state index in [1.807, 2.05) is 0 Å². The second kappa shape index (κ2) is 6.33. The monoisotopic (exact) mass is 282 g/mol. The minimum atomic E-state index is -0.690. The highest BCUT2D eigenvalue weighted by atomic mass is 16.5. The number of aromatic nitrogens is 2. The number of carbonyl (C=O) groups is 2. The molecule has 2 rings (SSSR count). The first-order valence-electron chi connectivity index (χ1n) is 6.37. The summed E-state index contributed by atoms with van der Waals surface area (Å²) in [5.74, 6) is 1.07. The highest BCUT2D eigenvalue weighted by Crippen LogP contribution is 2.06. The van der Waals surface area contributed by atoms with Gasteiger partial charge in [-0.15, -0.1) is 0 Å². The van der Waals surface area contributed by atoms with E-state index in [0.717, 1.165) is 13.1 Å². The van der Waals surface area contributed by atoms with Gasteiger partial charge in [0.1, 0.15) is 0 Å². The third-order valence-corrected chi connectivity index (χ3v) is 3.07. The van der Waals surface area contributed by atoms with Gasteiger partial charge in [-0.05, 0) is 0 Å². The number of carbonyl (C=O) groups excluding carboxylic acids is 2. The van der Waals surface area contributed by atoms with Crippen LogP contribution in [-0.2, 0) is 11.3 Å². The van der Waals surface area contributed by atoms with Crippen LogP contribution in [0, 0.1) is 6.92 Å². The van der Waals surface area contributed by atoms with E-state index in [2.05, 4.69) is 20.4 Å². The number of urea groups is 1. The Morgan fingerprint density at radius 2 is 2.05 bits per heavy atom. The van der Waals surface area contributed by atoms with Crippen molar-refractivity contribution < 1.29 is 14.1 Å². The fraction of sp³-hybridized carbons (Fsp3) is 0.636. The molecule has 9 heteroatoms. The second-order valence-corrected chi connectivity index (χ2v) is 4.60. The van der Waals surface area contributed by atoms with Crippen LogP contribution in [0.25, 0.3) is 0 Å². The molecule has 1 fully saturated rings. The fourth-order valence-corrected chi connectivity index (χ4v) is 2.04. The zero-order valence-electron chi connectivity index (χ0n) is 11.3. The molecule has 0 bridgehead atoms. The molecule has 1 aromatic heterocycles. The Morgan fingerprint density at radius 3 is 2.60 bits per heavy atom. The normalized spacial score (nSPS) is 16.1. The van der Waals surface area contributed by atoms with Crippen molar-refractivity contribution in [1.82, 2.24) is 25.3 Å². The SMILES string of the molecule is Cc1nc(CN2CCN(C(=O)CNC(N)=O)CC2)no1. The Balaban J connectivity index is 1.74. The van der Waals surface area contributed by atoms with Crippen LogP contribution >= 0.6 is 0 Å². The molecular weight excluding hydrogens is 264 g/mol. The van der Waals surface area contributed by atoms with E-state index in [4.69, 9.17) is 10.3 Å². The first kappa shape index (κ1) is 14.3. The number of amides is 3. The minimum Gasteiger partial charge on any atom is -0.352 e. The zero-order chi connectivity index (χ0) is 14.5. The van der Waals surface area contributed by atoms with Crippen LogP contribution in [0.3, 0.4) is 0 Å². The van der Waals surface area contributed by atoms with Crippen molar-refractivity contribution in [1.29, 1.82) is 0 Å². The van der Waals surface area contributed by atoms with E-state index >= 15 is 0 Å². The maximum absolute atomic E-state index is 11.8. The van der Waals surface area contributed by atoms with Gasteiger partial charge in [-0.1, -0.05) is 5.16 Å². The quantitative estimate of drug-likeness (QED) is 0.708. The molecule has 1 aromatic rings. The van der Waals surface area contributed by atoms with Crippen molar-refractivity contribution in [2.45, 2.75) is 13.5 Å². The summed E-state index contributed by atoms with van der Waals surface area (Å²) in [5, 5.41) is 6.14. The topological polar surface area (TPSA) is 118 Å². The molecule has 0 atom stereocenters. The van der Waals surface area contributed by atoms with Crippen molar-refractivity contribution in [3.8, 4) is 0 Å². The lowest BCUT2D eigenvalue weighted by molar-refractivity contribution is -0.131. The number of nitrogens with two attached hydrogens (primary N) is 1. The standard InChI is InChI=1S/C11H18N6O3/c1-8-14-9(15-20-8)7-16-2-4-17(5-3-16)10(18)6-13-11(12)19/h2-7H2,1H3,(H3,12,13,19). The van der Waals surface area contributed by atoms with E-state index in [1.165, 1.54) is 0 Å². The summed E-state index contributed by atoms with van der Waals surface area (Å²) in [6, 6.07) is -0.690. The average Bonchev–Trinajstić information content (AvgIpc) is 2.82. The smallest absolute Gasteiger partial charge is 0.312 e. The van der Waals surface area contributed by atoms with Crippen molar-refractivity contribution in [3.63, 3.8) is 0 Å². The van der Waals surface area contributed by atoms with Crippen LogP contribution in [0.15, 0.2) is 4.52 Å². The molecule has 9 nitrogen and oxygen atoms in total. The minimum absolute atomic E-state index is 0.0562. The van der Waals surface area contributed by atoms with Gasteiger partial charge in [0.05, 0.1) is 13.1 Å². The predicted octanol–water partition coefficient (Wildman–Crippen LogP) is -1.31. The molecule has 0 radical (unpaired) electrons. The Hall–Kier alpha value is -2.16. The highest BCUT2D eigenvalue weighted by Gasteiger charge is 2.22. The summed E-state index contributed by atoms with van der Waals surface area (Å²) in [6.07, 6.45) is 0. The number of aryl methyl sites for hydroxylation is 1. The molecule has 20 heavy (non-hydrogen) atoms. The summed E-state index contributed by atoms with van der Waals surface area (Å²) in [4.78, 5) is 30.3. The zero-order valence-corrected chi connectivity index (χ0v) is 11.3. The molecule has 2 heterocycles. The number of primary amides is 1. The van der Waals surface area contributed by atoms with Crippen molar-refractivity contribution >= 4 is 11.9 Å². The average molecular weight is 282 g/mol. The Kier molecular flexibility index (Phi) is 4.51. The first-order valence-corrected chi connectivity index (χ1v) is 6.37. The van der Waals surface area contributed by atoms with E-state index in [1.54, 1.807) is 11.8 Å². The molecule has 0 aliphatic carbocycles. The molecule has 0 unspecified atom stereocenters. The van der Waals surface area contributed by atoms with Crippen LogP contribution < -0.4 is 11.1 Å². The molecule has 0 saturated carbocycles. The number of nitrogens with zero attached hydrogens (tertiary/aromatic N) is 4. The largest absolute Gasteiger partial charge is 0.352 e. The van der Waals surface area contributed by atoms with E-state index in [0.29, 0.717) is 31.3 Å². The Morgan fingerprint density at radius 1 is 1.35 bits per heavy atom. The van der Waals surface area contributed by atoms with Crippen LogP contribution in [0.4, 0.5) is 4.79 Å². The van der Waals surface area contributed by atoms with Crippen molar-refractivity contribution in [2.24, 2.45) is 5.73 Å². The van der Waals surface area contributed by atoms with Gasteiger partial charge in [-0.3, -0.25) is 9.69 Å². The molecule has 3 amide bonds. The molecule has 1 aliphatic rings. The van der Waals surface area contributed by atoms with Gasteiger partial charge in [-0.2, -0.15) is 4.98 Å². The van der Waals surface area contributed by atoms with Gasteiger partial charge in [0, 0.05) is 33.1 Å². The second-order valence-electron chi connectivity index (χ2n) is 4.60. The maximum atomic E-state index is 11.8. The molecule has 1 aliphatic heterocycles. The van der Waals surface area contributed by atoms with Crippen molar-refractivity contribution in [2.75, 3.05) is 32.7 Å². The van der Waals surface area contributed by atoms with Gasteiger partial charge >= 0.3 is 6.03 Å². The molecular formula is C11H18N6O3. The first-order chi connectivity index (χ1) is 9.54. The molecule has 0 spiro atoms. The molecule has 1 saturated heterocycles.